The van der Waals surface area contributed by atoms with Gasteiger partial charge in [0.25, 0.3) is 5.91 Å². The Morgan fingerprint density at radius 2 is 2.27 bits per heavy atom. The summed E-state index contributed by atoms with van der Waals surface area (Å²) in [7, 11) is 0. The molecule has 0 saturated carbocycles. The molecule has 1 amide bonds. The molecule has 0 fully saturated rings. The van der Waals surface area contributed by atoms with Crippen molar-refractivity contribution in [2.75, 3.05) is 6.61 Å². The van der Waals surface area contributed by atoms with Crippen molar-refractivity contribution in [3.63, 3.8) is 0 Å². The van der Waals surface area contributed by atoms with Gasteiger partial charge in [-0.3, -0.25) is 4.79 Å². The molecule has 15 heavy (non-hydrogen) atoms. The molecule has 1 rings (SSSR count). The van der Waals surface area contributed by atoms with E-state index in [1.54, 1.807) is 6.92 Å². The zero-order chi connectivity index (χ0) is 11.4. The lowest BCUT2D eigenvalue weighted by Gasteiger charge is -2.11. The van der Waals surface area contributed by atoms with Gasteiger partial charge >= 0.3 is 0 Å². The molecule has 1 atom stereocenters. The molecule has 4 nitrogen and oxygen atoms in total. The number of aliphatic hydroxyl groups excluding tert-OH is 1. The van der Waals surface area contributed by atoms with Crippen molar-refractivity contribution in [3.8, 4) is 5.75 Å². The number of phenols is 1. The summed E-state index contributed by atoms with van der Waals surface area (Å²) in [6.07, 6.45) is 0. The number of rotatable bonds is 3. The molecule has 0 unspecified atom stereocenters. The van der Waals surface area contributed by atoms with Gasteiger partial charge in [-0.25, -0.2) is 4.39 Å². The maximum Gasteiger partial charge on any atom is 0.255 e. The van der Waals surface area contributed by atoms with Crippen LogP contribution in [0, 0.1) is 5.82 Å². The van der Waals surface area contributed by atoms with Gasteiger partial charge in [-0.15, -0.1) is 0 Å². The summed E-state index contributed by atoms with van der Waals surface area (Å²) in [5.41, 5.74) is -0.143. The second-order valence-electron chi connectivity index (χ2n) is 3.22. The third kappa shape index (κ3) is 2.92. The van der Waals surface area contributed by atoms with Crippen LogP contribution in [0.15, 0.2) is 18.2 Å². The number of hydrogen-bond donors (Lipinski definition) is 3. The van der Waals surface area contributed by atoms with Crippen LogP contribution in [0.2, 0.25) is 0 Å². The molecule has 0 bridgehead atoms. The van der Waals surface area contributed by atoms with E-state index in [0.29, 0.717) is 0 Å². The number of phenolic OH excluding ortho intramolecular Hbond substituents is 1. The minimum Gasteiger partial charge on any atom is -0.507 e. The van der Waals surface area contributed by atoms with Crippen LogP contribution in [0.5, 0.6) is 5.75 Å². The van der Waals surface area contributed by atoms with E-state index in [4.69, 9.17) is 5.11 Å². The summed E-state index contributed by atoms with van der Waals surface area (Å²) in [4.78, 5) is 11.4. The smallest absolute Gasteiger partial charge is 0.255 e. The standard InChI is InChI=1S/C10H12FNO3/c1-6(5-13)12-10(15)8-4-7(11)2-3-9(8)14/h2-4,6,13-14H,5H2,1H3,(H,12,15)/t6-/m0/s1. The van der Waals surface area contributed by atoms with E-state index in [-0.39, 0.29) is 17.9 Å². The van der Waals surface area contributed by atoms with Gasteiger partial charge < -0.3 is 15.5 Å². The Morgan fingerprint density at radius 1 is 1.60 bits per heavy atom. The number of aromatic hydroxyl groups is 1. The van der Waals surface area contributed by atoms with E-state index >= 15 is 0 Å². The maximum atomic E-state index is 12.8. The van der Waals surface area contributed by atoms with Gasteiger partial charge in [0.15, 0.2) is 0 Å². The zero-order valence-electron chi connectivity index (χ0n) is 8.20. The molecule has 1 aromatic rings. The van der Waals surface area contributed by atoms with Crippen molar-refractivity contribution >= 4 is 5.91 Å². The van der Waals surface area contributed by atoms with Crippen molar-refractivity contribution < 1.29 is 19.4 Å². The Kier molecular flexibility index (Phi) is 3.62. The number of hydrogen-bond acceptors (Lipinski definition) is 3. The van der Waals surface area contributed by atoms with Crippen LogP contribution in [-0.4, -0.2) is 28.8 Å². The average molecular weight is 213 g/mol. The Balaban J connectivity index is 2.86. The van der Waals surface area contributed by atoms with E-state index in [1.807, 2.05) is 0 Å². The minimum absolute atomic E-state index is 0.143. The van der Waals surface area contributed by atoms with E-state index in [1.165, 1.54) is 0 Å². The zero-order valence-corrected chi connectivity index (χ0v) is 8.20. The van der Waals surface area contributed by atoms with Crippen LogP contribution in [0.25, 0.3) is 0 Å². The van der Waals surface area contributed by atoms with Crippen LogP contribution in [0.4, 0.5) is 4.39 Å². The Hall–Kier alpha value is -1.62. The van der Waals surface area contributed by atoms with E-state index in [0.717, 1.165) is 18.2 Å². The molecule has 5 heteroatoms. The summed E-state index contributed by atoms with van der Waals surface area (Å²) in [6, 6.07) is 2.66. The highest BCUT2D eigenvalue weighted by atomic mass is 19.1. The molecule has 1 aromatic carbocycles. The van der Waals surface area contributed by atoms with Gasteiger partial charge in [0, 0.05) is 6.04 Å². The summed E-state index contributed by atoms with van der Waals surface area (Å²) in [5, 5.41) is 20.4. The van der Waals surface area contributed by atoms with E-state index < -0.39 is 17.8 Å². The van der Waals surface area contributed by atoms with Gasteiger partial charge in [-0.2, -0.15) is 0 Å². The molecule has 0 aliphatic carbocycles. The molecular weight excluding hydrogens is 201 g/mol. The van der Waals surface area contributed by atoms with Crippen LogP contribution < -0.4 is 5.32 Å². The SMILES string of the molecule is C[C@@H](CO)NC(=O)c1cc(F)ccc1O. The lowest BCUT2D eigenvalue weighted by Crippen LogP contribution is -2.35. The number of amides is 1. The third-order valence-electron chi connectivity index (χ3n) is 1.85. The molecule has 0 aromatic heterocycles. The fraction of sp³-hybridized carbons (Fsp3) is 0.300. The van der Waals surface area contributed by atoms with Gasteiger partial charge in [0.2, 0.25) is 0 Å². The summed E-state index contributed by atoms with van der Waals surface area (Å²) in [6.45, 7) is 1.37. The monoisotopic (exact) mass is 213 g/mol. The lowest BCUT2D eigenvalue weighted by atomic mass is 10.1. The van der Waals surface area contributed by atoms with Crippen LogP contribution in [0.1, 0.15) is 17.3 Å². The molecule has 0 heterocycles. The quantitative estimate of drug-likeness (QED) is 0.690. The van der Waals surface area contributed by atoms with Crippen molar-refractivity contribution in [2.24, 2.45) is 0 Å². The highest BCUT2D eigenvalue weighted by molar-refractivity contribution is 5.96. The lowest BCUT2D eigenvalue weighted by molar-refractivity contribution is 0.0919. The molecule has 3 N–H and O–H groups in total. The van der Waals surface area contributed by atoms with Crippen molar-refractivity contribution in [1.82, 2.24) is 5.32 Å². The molecule has 0 spiro atoms. The number of aliphatic hydroxyl groups is 1. The first-order valence-electron chi connectivity index (χ1n) is 4.45. The minimum atomic E-state index is -0.617. The molecule has 0 aliphatic heterocycles. The van der Waals surface area contributed by atoms with E-state index in [9.17, 15) is 14.3 Å². The number of benzene rings is 1. The Bertz CT molecular complexity index is 368. The fourth-order valence-corrected chi connectivity index (χ4v) is 1.04. The predicted octanol–water partition coefficient (Wildman–Crippen LogP) is 0.642. The van der Waals surface area contributed by atoms with Crippen molar-refractivity contribution in [3.05, 3.63) is 29.6 Å². The highest BCUT2D eigenvalue weighted by Crippen LogP contribution is 2.17. The first kappa shape index (κ1) is 11.5. The third-order valence-corrected chi connectivity index (χ3v) is 1.85. The molecule has 0 aliphatic rings. The number of carbonyl (C=O) groups excluding carboxylic acids is 1. The molecular formula is C10H12FNO3. The highest BCUT2D eigenvalue weighted by Gasteiger charge is 2.13. The first-order chi connectivity index (χ1) is 7.04. The first-order valence-corrected chi connectivity index (χ1v) is 4.45. The van der Waals surface area contributed by atoms with Crippen LogP contribution in [0.3, 0.4) is 0 Å². The predicted molar refractivity (Wildman–Crippen MR) is 52.1 cm³/mol. The van der Waals surface area contributed by atoms with Crippen LogP contribution >= 0.6 is 0 Å². The van der Waals surface area contributed by atoms with Gasteiger partial charge in [0.1, 0.15) is 11.6 Å². The molecule has 0 saturated heterocycles. The average Bonchev–Trinajstić information content (AvgIpc) is 2.21. The molecule has 0 radical (unpaired) electrons. The van der Waals surface area contributed by atoms with Crippen molar-refractivity contribution in [1.29, 1.82) is 0 Å². The van der Waals surface area contributed by atoms with E-state index in [2.05, 4.69) is 5.32 Å². The second-order valence-corrected chi connectivity index (χ2v) is 3.22. The van der Waals surface area contributed by atoms with Gasteiger partial charge in [-0.1, -0.05) is 0 Å². The number of halogens is 1. The largest absolute Gasteiger partial charge is 0.507 e. The summed E-state index contributed by atoms with van der Waals surface area (Å²) in [5.74, 6) is -1.51. The Morgan fingerprint density at radius 3 is 2.87 bits per heavy atom. The fourth-order valence-electron chi connectivity index (χ4n) is 1.04. The Labute approximate surface area is 86.4 Å². The summed E-state index contributed by atoms with van der Waals surface area (Å²) >= 11 is 0. The topological polar surface area (TPSA) is 69.6 Å². The number of carbonyl (C=O) groups is 1. The van der Waals surface area contributed by atoms with Crippen molar-refractivity contribution in [2.45, 2.75) is 13.0 Å². The van der Waals surface area contributed by atoms with Crippen LogP contribution in [-0.2, 0) is 0 Å². The van der Waals surface area contributed by atoms with Gasteiger partial charge in [0.05, 0.1) is 12.2 Å². The van der Waals surface area contributed by atoms with Gasteiger partial charge in [-0.05, 0) is 25.1 Å². The normalized spacial score (nSPS) is 12.2. The maximum absolute atomic E-state index is 12.8. The molecule has 82 valence electrons. The number of nitrogens with one attached hydrogen (secondary N) is 1. The second kappa shape index (κ2) is 4.75. The summed E-state index contributed by atoms with van der Waals surface area (Å²) < 4.78 is 12.8.